The van der Waals surface area contributed by atoms with E-state index >= 15 is 0 Å². The second kappa shape index (κ2) is 5.35. The molecular weight excluding hydrogens is 262 g/mol. The molecule has 114 valence electrons. The van der Waals surface area contributed by atoms with Crippen LogP contribution in [0.3, 0.4) is 0 Å². The third kappa shape index (κ3) is 2.78. The summed E-state index contributed by atoms with van der Waals surface area (Å²) in [5.74, 6) is 6.85. The zero-order valence-electron chi connectivity index (χ0n) is 12.9. The van der Waals surface area contributed by atoms with Crippen LogP contribution in [0.15, 0.2) is 35.7 Å². The zero-order chi connectivity index (χ0) is 15.0. The predicted octanol–water partition coefficient (Wildman–Crippen LogP) is 2.61. The Bertz CT molecular complexity index is 544. The van der Waals surface area contributed by atoms with Crippen molar-refractivity contribution in [3.63, 3.8) is 0 Å². The van der Waals surface area contributed by atoms with Crippen molar-refractivity contribution in [3.8, 4) is 0 Å². The Morgan fingerprint density at radius 1 is 1.29 bits per heavy atom. The van der Waals surface area contributed by atoms with Crippen molar-refractivity contribution in [2.75, 3.05) is 6.61 Å². The minimum Gasteiger partial charge on any atom is -0.401 e. The molecule has 4 heteroatoms. The van der Waals surface area contributed by atoms with Gasteiger partial charge in [-0.2, -0.15) is 0 Å². The number of hydrogen-bond acceptors (Lipinski definition) is 4. The molecule has 1 atom stereocenters. The monoisotopic (exact) mass is 287 g/mol. The van der Waals surface area contributed by atoms with Crippen molar-refractivity contribution < 1.29 is 4.74 Å². The number of epoxide rings is 1. The fraction of sp³-hybridized carbons (Fsp3) is 0.529. The molecule has 0 radical (unpaired) electrons. The first-order valence-electron chi connectivity index (χ1n) is 7.76. The van der Waals surface area contributed by atoms with Crippen LogP contribution in [0.4, 0.5) is 0 Å². The van der Waals surface area contributed by atoms with E-state index in [2.05, 4.69) is 38.1 Å². The maximum atomic E-state index is 6.30. The van der Waals surface area contributed by atoms with Gasteiger partial charge in [0.1, 0.15) is 5.60 Å². The number of ether oxygens (including phenoxy) is 1. The van der Waals surface area contributed by atoms with E-state index in [0.717, 1.165) is 37.3 Å². The Morgan fingerprint density at radius 3 is 2.52 bits per heavy atom. The molecule has 1 fully saturated rings. The maximum absolute atomic E-state index is 6.30. The van der Waals surface area contributed by atoms with Gasteiger partial charge in [0.05, 0.1) is 18.8 Å². The number of hydrogen-bond donors (Lipinski definition) is 2. The van der Waals surface area contributed by atoms with Gasteiger partial charge in [0, 0.05) is 5.70 Å². The number of nitrogens with two attached hydrogens (primary N) is 2. The molecule has 1 saturated heterocycles. The smallest absolute Gasteiger partial charge is 0.134 e. The van der Waals surface area contributed by atoms with Crippen molar-refractivity contribution in [2.24, 2.45) is 11.6 Å². The highest BCUT2D eigenvalue weighted by atomic mass is 16.6. The number of hydrazine groups is 1. The summed E-state index contributed by atoms with van der Waals surface area (Å²) in [6.45, 7) is 5.82. The summed E-state index contributed by atoms with van der Waals surface area (Å²) in [5, 5.41) is 1.78. The average Bonchev–Trinajstić information content (AvgIpc) is 3.19. The Kier molecular flexibility index (Phi) is 3.68. The summed E-state index contributed by atoms with van der Waals surface area (Å²) in [6.07, 6.45) is 3.04. The molecule has 0 aromatic heterocycles. The summed E-state index contributed by atoms with van der Waals surface area (Å²) in [5.41, 5.74) is 10.4. The van der Waals surface area contributed by atoms with Gasteiger partial charge in [-0.25, -0.2) is 5.84 Å². The summed E-state index contributed by atoms with van der Waals surface area (Å²) < 4.78 is 5.67. The highest BCUT2D eigenvalue weighted by Crippen LogP contribution is 2.45. The van der Waals surface area contributed by atoms with Gasteiger partial charge in [-0.1, -0.05) is 38.1 Å². The third-order valence-corrected chi connectivity index (χ3v) is 4.54. The van der Waals surface area contributed by atoms with Gasteiger partial charge < -0.3 is 15.5 Å². The van der Waals surface area contributed by atoms with Crippen molar-refractivity contribution >= 4 is 0 Å². The molecule has 21 heavy (non-hydrogen) atoms. The molecule has 3 rings (SSSR count). The molecule has 4 nitrogen and oxygen atoms in total. The van der Waals surface area contributed by atoms with Gasteiger partial charge >= 0.3 is 0 Å². The SMILES string of the molecule is CC(C)c1ccc(CN(N)C2=C(N)CCC[C@]23CO3)cc1. The van der Waals surface area contributed by atoms with Crippen LogP contribution in [0, 0.1) is 0 Å². The Balaban J connectivity index is 1.75. The van der Waals surface area contributed by atoms with Crippen molar-refractivity contribution in [2.45, 2.75) is 51.2 Å². The molecule has 1 aliphatic heterocycles. The highest BCUT2D eigenvalue weighted by molar-refractivity contribution is 5.31. The van der Waals surface area contributed by atoms with Gasteiger partial charge in [0.2, 0.25) is 0 Å². The fourth-order valence-corrected chi connectivity index (χ4v) is 3.19. The summed E-state index contributed by atoms with van der Waals surface area (Å²) in [6, 6.07) is 8.65. The second-order valence-electron chi connectivity index (χ2n) is 6.53. The zero-order valence-corrected chi connectivity index (χ0v) is 12.9. The lowest BCUT2D eigenvalue weighted by molar-refractivity contribution is 0.219. The Hall–Kier alpha value is -1.52. The van der Waals surface area contributed by atoms with E-state index in [1.54, 1.807) is 5.01 Å². The van der Waals surface area contributed by atoms with E-state index in [9.17, 15) is 0 Å². The first-order valence-corrected chi connectivity index (χ1v) is 7.76. The van der Waals surface area contributed by atoms with Crippen LogP contribution in [0.25, 0.3) is 0 Å². The molecule has 0 amide bonds. The standard InChI is InChI=1S/C17H25N3O/c1-12(2)14-7-5-13(6-8-14)10-20(19)16-15(18)4-3-9-17(16)11-21-17/h5-8,12H,3-4,9-11,18-19H2,1-2H3/t17-/m0/s1. The molecule has 0 saturated carbocycles. The molecule has 1 heterocycles. The number of allylic oxidation sites excluding steroid dienone is 1. The Morgan fingerprint density at radius 2 is 1.95 bits per heavy atom. The van der Waals surface area contributed by atoms with E-state index < -0.39 is 0 Å². The lowest BCUT2D eigenvalue weighted by Gasteiger charge is -2.31. The summed E-state index contributed by atoms with van der Waals surface area (Å²) in [4.78, 5) is 0. The molecule has 0 unspecified atom stereocenters. The maximum Gasteiger partial charge on any atom is 0.134 e. The minimum absolute atomic E-state index is 0.186. The predicted molar refractivity (Wildman–Crippen MR) is 84.0 cm³/mol. The number of nitrogens with zero attached hydrogens (tertiary/aromatic N) is 1. The third-order valence-electron chi connectivity index (χ3n) is 4.54. The van der Waals surface area contributed by atoms with Crippen molar-refractivity contribution in [1.29, 1.82) is 0 Å². The molecule has 4 N–H and O–H groups in total. The van der Waals surface area contributed by atoms with Gasteiger partial charge in [-0.15, -0.1) is 0 Å². The second-order valence-corrected chi connectivity index (χ2v) is 6.53. The van der Waals surface area contributed by atoms with Crippen LogP contribution < -0.4 is 11.6 Å². The molecule has 2 aliphatic rings. The van der Waals surface area contributed by atoms with Crippen LogP contribution in [0.2, 0.25) is 0 Å². The van der Waals surface area contributed by atoms with E-state index in [0.29, 0.717) is 12.5 Å². The van der Waals surface area contributed by atoms with Gasteiger partial charge in [0.15, 0.2) is 0 Å². The molecule has 1 spiro atoms. The molecular formula is C17H25N3O. The van der Waals surface area contributed by atoms with Crippen LogP contribution in [0.5, 0.6) is 0 Å². The van der Waals surface area contributed by atoms with Crippen LogP contribution in [0.1, 0.15) is 50.2 Å². The molecule has 1 aromatic rings. The quantitative estimate of drug-likeness (QED) is 0.507. The topological polar surface area (TPSA) is 67.8 Å². The lowest BCUT2D eigenvalue weighted by atomic mass is 9.90. The van der Waals surface area contributed by atoms with Gasteiger partial charge in [-0.05, 0) is 36.3 Å². The normalized spacial score (nSPS) is 24.8. The van der Waals surface area contributed by atoms with Crippen LogP contribution in [-0.4, -0.2) is 17.2 Å². The van der Waals surface area contributed by atoms with Crippen molar-refractivity contribution in [1.82, 2.24) is 5.01 Å². The van der Waals surface area contributed by atoms with Crippen molar-refractivity contribution in [3.05, 3.63) is 46.8 Å². The van der Waals surface area contributed by atoms with E-state index in [-0.39, 0.29) is 5.60 Å². The van der Waals surface area contributed by atoms with E-state index in [1.165, 1.54) is 11.1 Å². The fourth-order valence-electron chi connectivity index (χ4n) is 3.19. The van der Waals surface area contributed by atoms with Gasteiger partial charge in [-0.3, -0.25) is 0 Å². The molecule has 1 aliphatic carbocycles. The number of benzene rings is 1. The van der Waals surface area contributed by atoms with E-state index in [1.807, 2.05) is 0 Å². The largest absolute Gasteiger partial charge is 0.401 e. The molecule has 1 aromatic carbocycles. The lowest BCUT2D eigenvalue weighted by Crippen LogP contribution is -2.41. The average molecular weight is 287 g/mol. The van der Waals surface area contributed by atoms with E-state index in [4.69, 9.17) is 16.3 Å². The summed E-state index contributed by atoms with van der Waals surface area (Å²) in [7, 11) is 0. The Labute approximate surface area is 126 Å². The van der Waals surface area contributed by atoms with Gasteiger partial charge in [0.25, 0.3) is 0 Å². The minimum atomic E-state index is -0.186. The van der Waals surface area contributed by atoms with Crippen LogP contribution in [-0.2, 0) is 11.3 Å². The first kappa shape index (κ1) is 14.4. The highest BCUT2D eigenvalue weighted by Gasteiger charge is 2.52. The van der Waals surface area contributed by atoms with Crippen LogP contribution >= 0.6 is 0 Å². The molecule has 0 bridgehead atoms. The summed E-state index contributed by atoms with van der Waals surface area (Å²) >= 11 is 0. The first-order chi connectivity index (χ1) is 10.0. The number of rotatable bonds is 4.